The van der Waals surface area contributed by atoms with Crippen molar-refractivity contribution in [1.29, 1.82) is 0 Å². The molecule has 7 heteroatoms. The minimum atomic E-state index is -3.45. The molecule has 6 nitrogen and oxygen atoms in total. The van der Waals surface area contributed by atoms with Gasteiger partial charge in [-0.25, -0.2) is 8.42 Å². The summed E-state index contributed by atoms with van der Waals surface area (Å²) in [5, 5.41) is 0. The predicted octanol–water partition coefficient (Wildman–Crippen LogP) is 4.00. The van der Waals surface area contributed by atoms with Crippen LogP contribution in [0.25, 0.3) is 6.08 Å². The molecule has 4 rings (SSSR count). The summed E-state index contributed by atoms with van der Waals surface area (Å²) in [7, 11) is -3.45. The molecule has 182 valence electrons. The molecule has 0 aliphatic carbocycles. The van der Waals surface area contributed by atoms with Crippen LogP contribution in [0.3, 0.4) is 0 Å². The zero-order valence-electron chi connectivity index (χ0n) is 19.8. The van der Waals surface area contributed by atoms with Gasteiger partial charge in [-0.05, 0) is 48.6 Å². The maximum Gasteiger partial charge on any atom is 0.246 e. The Balaban J connectivity index is 1.32. The Bertz CT molecular complexity index is 1060. The Kier molecular flexibility index (Phi) is 8.53. The SMILES string of the molecule is O=C(/C=C/c1ccc(S(=O)(=O)N2CCCCCC2)cc1)N1CCCN(Cc2ccccc2)CC1. The number of carbonyl (C=O) groups is 1. The lowest BCUT2D eigenvalue weighted by Gasteiger charge is -2.21. The molecule has 0 bridgehead atoms. The Labute approximate surface area is 203 Å². The molecule has 0 atom stereocenters. The van der Waals surface area contributed by atoms with Crippen LogP contribution in [-0.2, 0) is 21.4 Å². The molecule has 2 aromatic carbocycles. The standard InChI is InChI=1S/C27H35N3O3S/c31-27(29-18-8-17-28(21-22-29)23-25-9-4-3-5-10-25)16-13-24-11-14-26(15-12-24)34(32,33)30-19-6-1-2-7-20-30/h3-5,9-16H,1-2,6-8,17-23H2/b16-13+. The van der Waals surface area contributed by atoms with Gasteiger partial charge in [0.05, 0.1) is 4.90 Å². The van der Waals surface area contributed by atoms with Gasteiger partial charge in [0, 0.05) is 51.9 Å². The summed E-state index contributed by atoms with van der Waals surface area (Å²) < 4.78 is 27.5. The summed E-state index contributed by atoms with van der Waals surface area (Å²) in [4.78, 5) is 17.4. The van der Waals surface area contributed by atoms with Crippen molar-refractivity contribution in [3.05, 3.63) is 71.8 Å². The second kappa shape index (κ2) is 11.8. The molecule has 0 radical (unpaired) electrons. The van der Waals surface area contributed by atoms with Gasteiger partial charge in [0.1, 0.15) is 0 Å². The average molecular weight is 482 g/mol. The van der Waals surface area contributed by atoms with Crippen LogP contribution in [0.15, 0.2) is 65.6 Å². The van der Waals surface area contributed by atoms with E-state index in [2.05, 4.69) is 29.2 Å². The van der Waals surface area contributed by atoms with Crippen LogP contribution in [0.5, 0.6) is 0 Å². The van der Waals surface area contributed by atoms with Gasteiger partial charge >= 0.3 is 0 Å². The minimum Gasteiger partial charge on any atom is -0.338 e. The van der Waals surface area contributed by atoms with Crippen LogP contribution in [0.1, 0.15) is 43.2 Å². The Morgan fingerprint density at radius 3 is 2.18 bits per heavy atom. The normalized spacial score (nSPS) is 19.1. The van der Waals surface area contributed by atoms with Gasteiger partial charge in [-0.1, -0.05) is 55.3 Å². The fourth-order valence-electron chi connectivity index (χ4n) is 4.65. The van der Waals surface area contributed by atoms with Gasteiger partial charge in [-0.2, -0.15) is 4.31 Å². The second-order valence-corrected chi connectivity index (χ2v) is 11.1. The molecule has 0 unspecified atom stereocenters. The van der Waals surface area contributed by atoms with E-state index in [1.807, 2.05) is 11.0 Å². The van der Waals surface area contributed by atoms with Crippen molar-refractivity contribution in [3.8, 4) is 0 Å². The van der Waals surface area contributed by atoms with E-state index in [0.717, 1.165) is 63.8 Å². The molecule has 2 aliphatic heterocycles. The lowest BCUT2D eigenvalue weighted by Crippen LogP contribution is -2.34. The molecule has 2 heterocycles. The number of nitrogens with zero attached hydrogens (tertiary/aromatic N) is 3. The van der Waals surface area contributed by atoms with Gasteiger partial charge in [0.15, 0.2) is 0 Å². The first-order valence-electron chi connectivity index (χ1n) is 12.4. The molecule has 2 aliphatic rings. The summed E-state index contributed by atoms with van der Waals surface area (Å²) in [6, 6.07) is 17.3. The number of hydrogen-bond acceptors (Lipinski definition) is 4. The summed E-state index contributed by atoms with van der Waals surface area (Å²) >= 11 is 0. The zero-order valence-corrected chi connectivity index (χ0v) is 20.6. The van der Waals surface area contributed by atoms with Crippen LogP contribution < -0.4 is 0 Å². The van der Waals surface area contributed by atoms with E-state index in [1.165, 1.54) is 5.56 Å². The summed E-state index contributed by atoms with van der Waals surface area (Å²) in [6.07, 6.45) is 8.35. The van der Waals surface area contributed by atoms with Crippen molar-refractivity contribution in [2.24, 2.45) is 0 Å². The van der Waals surface area contributed by atoms with Gasteiger partial charge in [-0.3, -0.25) is 9.69 Å². The third kappa shape index (κ3) is 6.56. The second-order valence-electron chi connectivity index (χ2n) is 9.16. The molecule has 34 heavy (non-hydrogen) atoms. The topological polar surface area (TPSA) is 60.9 Å². The number of hydrogen-bond donors (Lipinski definition) is 0. The van der Waals surface area contributed by atoms with Crippen molar-refractivity contribution in [2.75, 3.05) is 39.3 Å². The van der Waals surface area contributed by atoms with Crippen LogP contribution in [0.4, 0.5) is 0 Å². The summed E-state index contributed by atoms with van der Waals surface area (Å²) in [5.41, 5.74) is 2.12. The van der Waals surface area contributed by atoms with E-state index in [9.17, 15) is 13.2 Å². The van der Waals surface area contributed by atoms with Crippen LogP contribution in [0.2, 0.25) is 0 Å². The number of sulfonamides is 1. The molecular formula is C27H35N3O3S. The first kappa shape index (κ1) is 24.6. The van der Waals surface area contributed by atoms with Crippen molar-refractivity contribution < 1.29 is 13.2 Å². The highest BCUT2D eigenvalue weighted by Crippen LogP contribution is 2.21. The molecule has 2 fully saturated rings. The van der Waals surface area contributed by atoms with Gasteiger partial charge in [-0.15, -0.1) is 0 Å². The fraction of sp³-hybridized carbons (Fsp3) is 0.444. The lowest BCUT2D eigenvalue weighted by atomic mass is 10.2. The highest BCUT2D eigenvalue weighted by molar-refractivity contribution is 7.89. The predicted molar refractivity (Wildman–Crippen MR) is 136 cm³/mol. The van der Waals surface area contributed by atoms with E-state index < -0.39 is 10.0 Å². The molecule has 0 N–H and O–H groups in total. The summed E-state index contributed by atoms with van der Waals surface area (Å²) in [6.45, 7) is 5.40. The van der Waals surface area contributed by atoms with Gasteiger partial charge in [0.2, 0.25) is 15.9 Å². The quantitative estimate of drug-likeness (QED) is 0.585. The Morgan fingerprint density at radius 1 is 0.765 bits per heavy atom. The molecule has 2 aromatic rings. The van der Waals surface area contributed by atoms with Gasteiger partial charge < -0.3 is 4.90 Å². The van der Waals surface area contributed by atoms with Gasteiger partial charge in [0.25, 0.3) is 0 Å². The lowest BCUT2D eigenvalue weighted by molar-refractivity contribution is -0.125. The summed E-state index contributed by atoms with van der Waals surface area (Å²) in [5.74, 6) is 0.00262. The van der Waals surface area contributed by atoms with Crippen LogP contribution in [-0.4, -0.2) is 67.7 Å². The van der Waals surface area contributed by atoms with E-state index >= 15 is 0 Å². The van der Waals surface area contributed by atoms with E-state index in [-0.39, 0.29) is 5.91 Å². The molecule has 2 saturated heterocycles. The minimum absolute atomic E-state index is 0.00262. The third-order valence-electron chi connectivity index (χ3n) is 6.65. The zero-order chi connectivity index (χ0) is 23.8. The molecule has 1 amide bonds. The average Bonchev–Trinajstić information content (AvgIpc) is 3.27. The molecule has 0 aromatic heterocycles. The smallest absolute Gasteiger partial charge is 0.246 e. The highest BCUT2D eigenvalue weighted by Gasteiger charge is 2.25. The van der Waals surface area contributed by atoms with Crippen LogP contribution in [0, 0.1) is 0 Å². The number of amides is 1. The van der Waals surface area contributed by atoms with Crippen LogP contribution >= 0.6 is 0 Å². The molecular weight excluding hydrogens is 446 g/mol. The van der Waals surface area contributed by atoms with E-state index in [1.54, 1.807) is 40.7 Å². The fourth-order valence-corrected chi connectivity index (χ4v) is 6.16. The van der Waals surface area contributed by atoms with Crippen molar-refractivity contribution >= 4 is 22.0 Å². The maximum atomic E-state index is 12.9. The Hall–Kier alpha value is -2.48. The van der Waals surface area contributed by atoms with E-state index in [0.29, 0.717) is 24.5 Å². The number of carbonyl (C=O) groups excluding carboxylic acids is 1. The Morgan fingerprint density at radius 2 is 1.47 bits per heavy atom. The van der Waals surface area contributed by atoms with Crippen molar-refractivity contribution in [2.45, 2.75) is 43.5 Å². The molecule has 0 spiro atoms. The van der Waals surface area contributed by atoms with E-state index in [4.69, 9.17) is 0 Å². The maximum absolute atomic E-state index is 12.9. The molecule has 0 saturated carbocycles. The monoisotopic (exact) mass is 481 g/mol. The first-order valence-corrected chi connectivity index (χ1v) is 13.8. The third-order valence-corrected chi connectivity index (χ3v) is 8.56. The highest BCUT2D eigenvalue weighted by atomic mass is 32.2. The number of rotatable bonds is 6. The van der Waals surface area contributed by atoms with Crippen molar-refractivity contribution in [3.63, 3.8) is 0 Å². The largest absolute Gasteiger partial charge is 0.338 e. The number of benzene rings is 2. The first-order chi connectivity index (χ1) is 16.5. The van der Waals surface area contributed by atoms with Crippen molar-refractivity contribution in [1.82, 2.24) is 14.1 Å².